The molecular weight excluding hydrogens is 238 g/mol. The number of carbonyl (C=O) groups excluding carboxylic acids is 1. The highest BCUT2D eigenvalue weighted by molar-refractivity contribution is 5.94. The second kappa shape index (κ2) is 4.97. The molecule has 1 fully saturated rings. The zero-order valence-corrected chi connectivity index (χ0v) is 12.1. The Labute approximate surface area is 115 Å². The van der Waals surface area contributed by atoms with E-state index < -0.39 is 0 Å². The molecule has 2 atom stereocenters. The van der Waals surface area contributed by atoms with E-state index in [1.165, 1.54) is 5.56 Å². The van der Waals surface area contributed by atoms with Gasteiger partial charge in [-0.05, 0) is 30.0 Å². The van der Waals surface area contributed by atoms with E-state index in [1.807, 2.05) is 38.1 Å². The molecule has 19 heavy (non-hydrogen) atoms. The molecule has 1 amide bonds. The van der Waals surface area contributed by atoms with Crippen LogP contribution >= 0.6 is 0 Å². The maximum atomic E-state index is 12.1. The minimum Gasteiger partial charge on any atom is -0.392 e. The second-order valence-corrected chi connectivity index (χ2v) is 6.38. The van der Waals surface area contributed by atoms with Gasteiger partial charge >= 0.3 is 0 Å². The Morgan fingerprint density at radius 3 is 2.32 bits per heavy atom. The molecule has 0 radical (unpaired) electrons. The predicted molar refractivity (Wildman–Crippen MR) is 76.2 cm³/mol. The summed E-state index contributed by atoms with van der Waals surface area (Å²) in [5.41, 5.74) is 1.69. The number of nitrogens with one attached hydrogen (secondary N) is 1. The van der Waals surface area contributed by atoms with Crippen LogP contribution in [0.3, 0.4) is 0 Å². The minimum atomic E-state index is -0.318. The van der Waals surface area contributed by atoms with Crippen LogP contribution in [0, 0.1) is 5.41 Å². The molecule has 1 aliphatic rings. The summed E-state index contributed by atoms with van der Waals surface area (Å²) in [6, 6.07) is 7.79. The van der Waals surface area contributed by atoms with Crippen LogP contribution in [0.25, 0.3) is 0 Å². The number of carbonyl (C=O) groups is 1. The lowest BCUT2D eigenvalue weighted by Crippen LogP contribution is -2.61. The third-order valence-electron chi connectivity index (χ3n) is 4.36. The third kappa shape index (κ3) is 2.66. The Morgan fingerprint density at radius 2 is 1.89 bits per heavy atom. The number of hydrogen-bond acceptors (Lipinski definition) is 2. The maximum Gasteiger partial charge on any atom is 0.251 e. The first-order chi connectivity index (χ1) is 8.82. The van der Waals surface area contributed by atoms with E-state index in [4.69, 9.17) is 0 Å². The van der Waals surface area contributed by atoms with Gasteiger partial charge in [0.2, 0.25) is 0 Å². The lowest BCUT2D eigenvalue weighted by Gasteiger charge is -2.49. The molecule has 1 aliphatic carbocycles. The molecule has 0 heterocycles. The molecular formula is C16H23NO2. The first-order valence-corrected chi connectivity index (χ1v) is 6.91. The summed E-state index contributed by atoms with van der Waals surface area (Å²) in [7, 11) is 0. The van der Waals surface area contributed by atoms with Crippen LogP contribution in [-0.2, 0) is 0 Å². The topological polar surface area (TPSA) is 49.3 Å². The molecule has 0 saturated heterocycles. The van der Waals surface area contributed by atoms with Crippen molar-refractivity contribution in [2.45, 2.75) is 52.2 Å². The molecule has 0 bridgehead atoms. The number of benzene rings is 1. The fourth-order valence-corrected chi connectivity index (χ4v) is 2.41. The van der Waals surface area contributed by atoms with E-state index in [0.717, 1.165) is 0 Å². The molecule has 0 spiro atoms. The van der Waals surface area contributed by atoms with Gasteiger partial charge in [0.25, 0.3) is 5.91 Å². The van der Waals surface area contributed by atoms with Crippen LogP contribution in [0.15, 0.2) is 24.3 Å². The van der Waals surface area contributed by atoms with Crippen LogP contribution in [0.1, 0.15) is 56.0 Å². The van der Waals surface area contributed by atoms with E-state index in [-0.39, 0.29) is 23.5 Å². The number of amides is 1. The van der Waals surface area contributed by atoms with Crippen LogP contribution in [-0.4, -0.2) is 23.2 Å². The second-order valence-electron chi connectivity index (χ2n) is 6.38. The average Bonchev–Trinajstić information content (AvgIpc) is 2.38. The van der Waals surface area contributed by atoms with Crippen LogP contribution in [0.4, 0.5) is 0 Å². The Balaban J connectivity index is 2.01. The van der Waals surface area contributed by atoms with E-state index in [9.17, 15) is 9.90 Å². The van der Waals surface area contributed by atoms with Crippen molar-refractivity contribution >= 4 is 5.91 Å². The van der Waals surface area contributed by atoms with Gasteiger partial charge in [0, 0.05) is 17.0 Å². The molecule has 1 aromatic carbocycles. The quantitative estimate of drug-likeness (QED) is 0.879. The van der Waals surface area contributed by atoms with Gasteiger partial charge < -0.3 is 10.4 Å². The highest BCUT2D eigenvalue weighted by Crippen LogP contribution is 2.40. The maximum absolute atomic E-state index is 12.1. The highest BCUT2D eigenvalue weighted by atomic mass is 16.3. The molecule has 1 saturated carbocycles. The van der Waals surface area contributed by atoms with Crippen molar-refractivity contribution in [3.05, 3.63) is 35.4 Å². The Kier molecular flexibility index (Phi) is 3.68. The smallest absolute Gasteiger partial charge is 0.251 e. The summed E-state index contributed by atoms with van der Waals surface area (Å²) in [4.78, 5) is 12.1. The summed E-state index contributed by atoms with van der Waals surface area (Å²) in [5, 5.41) is 12.7. The van der Waals surface area contributed by atoms with Crippen LogP contribution in [0.5, 0.6) is 0 Å². The number of hydrogen-bond donors (Lipinski definition) is 2. The molecule has 3 heteroatoms. The first-order valence-electron chi connectivity index (χ1n) is 6.91. The molecule has 2 unspecified atom stereocenters. The SMILES string of the molecule is CC(C)c1ccc(C(=O)NC2CC(O)C2(C)C)cc1. The summed E-state index contributed by atoms with van der Waals surface area (Å²) < 4.78 is 0. The van der Waals surface area contributed by atoms with Crippen LogP contribution in [0.2, 0.25) is 0 Å². The summed E-state index contributed by atoms with van der Waals surface area (Å²) in [6.07, 6.45) is 0.323. The lowest BCUT2D eigenvalue weighted by atomic mass is 9.64. The average molecular weight is 261 g/mol. The van der Waals surface area contributed by atoms with Gasteiger partial charge in [-0.2, -0.15) is 0 Å². The van der Waals surface area contributed by atoms with Gasteiger partial charge in [0.1, 0.15) is 0 Å². The Hall–Kier alpha value is -1.35. The zero-order chi connectivity index (χ0) is 14.2. The molecule has 0 aliphatic heterocycles. The fraction of sp³-hybridized carbons (Fsp3) is 0.562. The summed E-state index contributed by atoms with van der Waals surface area (Å²) in [6.45, 7) is 8.22. The van der Waals surface area contributed by atoms with Gasteiger partial charge in [-0.15, -0.1) is 0 Å². The van der Waals surface area contributed by atoms with E-state index in [2.05, 4.69) is 19.2 Å². The first kappa shape index (κ1) is 14.1. The summed E-state index contributed by atoms with van der Waals surface area (Å²) in [5.74, 6) is 0.415. The van der Waals surface area contributed by atoms with Crippen molar-refractivity contribution in [1.82, 2.24) is 5.32 Å². The van der Waals surface area contributed by atoms with Crippen LogP contribution < -0.4 is 5.32 Å². The molecule has 3 nitrogen and oxygen atoms in total. The number of aliphatic hydroxyl groups is 1. The molecule has 2 N–H and O–H groups in total. The van der Waals surface area contributed by atoms with Gasteiger partial charge in [0.15, 0.2) is 0 Å². The fourth-order valence-electron chi connectivity index (χ4n) is 2.41. The molecule has 2 rings (SSSR count). The van der Waals surface area contributed by atoms with Gasteiger partial charge in [-0.1, -0.05) is 39.8 Å². The van der Waals surface area contributed by atoms with Crippen molar-refractivity contribution in [3.8, 4) is 0 Å². The van der Waals surface area contributed by atoms with Crippen molar-refractivity contribution in [2.24, 2.45) is 5.41 Å². The Morgan fingerprint density at radius 1 is 1.32 bits per heavy atom. The van der Waals surface area contributed by atoms with Gasteiger partial charge in [0.05, 0.1) is 6.10 Å². The predicted octanol–water partition coefficient (Wildman–Crippen LogP) is 2.70. The highest BCUT2D eigenvalue weighted by Gasteiger charge is 2.47. The van der Waals surface area contributed by atoms with E-state index in [1.54, 1.807) is 0 Å². The largest absolute Gasteiger partial charge is 0.392 e. The number of rotatable bonds is 3. The standard InChI is InChI=1S/C16H23NO2/c1-10(2)11-5-7-12(8-6-11)15(19)17-13-9-14(18)16(13,3)4/h5-8,10,13-14,18H,9H2,1-4H3,(H,17,19). The van der Waals surface area contributed by atoms with E-state index >= 15 is 0 Å². The Bertz CT molecular complexity index is 462. The minimum absolute atomic E-state index is 0.0553. The molecule has 1 aromatic rings. The van der Waals surface area contributed by atoms with Crippen molar-refractivity contribution in [1.29, 1.82) is 0 Å². The molecule has 104 valence electrons. The van der Waals surface area contributed by atoms with Gasteiger partial charge in [-0.25, -0.2) is 0 Å². The van der Waals surface area contributed by atoms with Crippen molar-refractivity contribution < 1.29 is 9.90 Å². The third-order valence-corrected chi connectivity index (χ3v) is 4.36. The normalized spacial score (nSPS) is 24.9. The van der Waals surface area contributed by atoms with Gasteiger partial charge in [-0.3, -0.25) is 4.79 Å². The zero-order valence-electron chi connectivity index (χ0n) is 12.1. The van der Waals surface area contributed by atoms with E-state index in [0.29, 0.717) is 17.9 Å². The monoisotopic (exact) mass is 261 g/mol. The van der Waals surface area contributed by atoms with Crippen molar-refractivity contribution in [3.63, 3.8) is 0 Å². The number of aliphatic hydroxyl groups excluding tert-OH is 1. The lowest BCUT2D eigenvalue weighted by molar-refractivity contribution is -0.0689. The van der Waals surface area contributed by atoms with Crippen molar-refractivity contribution in [2.75, 3.05) is 0 Å². The summed E-state index contributed by atoms with van der Waals surface area (Å²) >= 11 is 0. The molecule has 0 aromatic heterocycles.